The third-order valence-corrected chi connectivity index (χ3v) is 23.0. The zero-order chi connectivity index (χ0) is 73.8. The molecular formula is C76H120O20S4. The molecule has 1 aliphatic carbocycles. The van der Waals surface area contributed by atoms with Crippen LogP contribution in [0.3, 0.4) is 0 Å². The standard InChI is InChI=1S/C76H120O20S4/c1-5-9-13-17-21-25-29-33-37-41-53-57-45-59(71(79)65(69(57)77)49-97(85,86)87)54(42-38-34-30-26-22-18-14-10-6-2)61-47-63(75(83)67(73(61)81)51-99(91,92)93)56(44-40-36-32-28-24-20-16-12-8-4)64-48-62(74(82)68(76(64)84)52-100(94,95)96)55(43-39-35-31-27-23-19-15-11-7-3)60-46-58(53)70(78)66(72(60)80)50-98(88,89)90/h45-48,53-56,77-84H,5-44,49-52H2,1-4H3,(H,85,86,87)(H,88,89,90)(H,91,92,93)(H,94,95,96). The fraction of sp³-hybridized carbons (Fsp3) is 0.684. The predicted octanol–water partition coefficient (Wildman–Crippen LogP) is 19.4. The predicted molar refractivity (Wildman–Crippen MR) is 395 cm³/mol. The summed E-state index contributed by atoms with van der Waals surface area (Å²) in [6.07, 6.45) is 29.9. The van der Waals surface area contributed by atoms with Crippen LogP contribution in [0.15, 0.2) is 24.3 Å². The van der Waals surface area contributed by atoms with Gasteiger partial charge in [-0.2, -0.15) is 33.7 Å². The van der Waals surface area contributed by atoms with Gasteiger partial charge < -0.3 is 40.9 Å². The highest BCUT2D eigenvalue weighted by atomic mass is 32.2. The number of fused-ring (bicyclic) bond motifs is 8. The van der Waals surface area contributed by atoms with Crippen molar-refractivity contribution < 1.29 is 92.7 Å². The van der Waals surface area contributed by atoms with Gasteiger partial charge in [-0.25, -0.2) is 0 Å². The lowest BCUT2D eigenvalue weighted by atomic mass is 9.74. The van der Waals surface area contributed by atoms with E-state index in [9.17, 15) is 92.7 Å². The maximum atomic E-state index is 13.3. The summed E-state index contributed by atoms with van der Waals surface area (Å²) in [5.41, 5.74) is -4.60. The number of unbranched alkanes of at least 4 members (excludes halogenated alkanes) is 32. The number of hydrogen-bond donors (Lipinski definition) is 12. The summed E-state index contributed by atoms with van der Waals surface area (Å²) in [5.74, 6) is -18.3. The van der Waals surface area contributed by atoms with Crippen molar-refractivity contribution in [3.63, 3.8) is 0 Å². The van der Waals surface area contributed by atoms with Gasteiger partial charge in [0.05, 0.1) is 22.3 Å². The largest absolute Gasteiger partial charge is 0.507 e. The lowest BCUT2D eigenvalue weighted by Crippen LogP contribution is -2.16. The van der Waals surface area contributed by atoms with Crippen LogP contribution >= 0.6 is 0 Å². The zero-order valence-electron chi connectivity index (χ0n) is 60.0. The van der Waals surface area contributed by atoms with Crippen molar-refractivity contribution >= 4 is 40.5 Å². The molecule has 5 rings (SSSR count). The first-order chi connectivity index (χ1) is 47.4. The Balaban J connectivity index is 2.08. The van der Waals surface area contributed by atoms with E-state index in [1.807, 2.05) is 0 Å². The van der Waals surface area contributed by atoms with Gasteiger partial charge in [-0.3, -0.25) is 18.2 Å². The molecule has 0 fully saturated rings. The molecule has 0 aliphatic heterocycles. The molecule has 0 heterocycles. The van der Waals surface area contributed by atoms with Crippen LogP contribution in [-0.2, 0) is 63.5 Å². The topological polar surface area (TPSA) is 379 Å². The third-order valence-electron chi connectivity index (χ3n) is 20.4. The molecule has 0 saturated heterocycles. The van der Waals surface area contributed by atoms with Crippen LogP contribution in [0.25, 0.3) is 0 Å². The monoisotopic (exact) mass is 1480 g/mol. The molecule has 24 heteroatoms. The normalized spacial score (nSPS) is 16.0. The smallest absolute Gasteiger partial charge is 0.269 e. The molecule has 568 valence electrons. The van der Waals surface area contributed by atoms with E-state index in [2.05, 4.69) is 27.7 Å². The number of phenols is 8. The van der Waals surface area contributed by atoms with E-state index in [1.165, 1.54) is 24.3 Å². The van der Waals surface area contributed by atoms with Crippen molar-refractivity contribution in [2.75, 3.05) is 0 Å². The highest BCUT2D eigenvalue weighted by molar-refractivity contribution is 7.85. The quantitative estimate of drug-likeness (QED) is 0.0144. The van der Waals surface area contributed by atoms with Crippen molar-refractivity contribution in [3.8, 4) is 46.0 Å². The first kappa shape index (κ1) is 85.6. The molecule has 1 aliphatic rings. The Morgan fingerprint density at radius 3 is 0.460 bits per heavy atom. The van der Waals surface area contributed by atoms with Crippen molar-refractivity contribution in [1.29, 1.82) is 0 Å². The van der Waals surface area contributed by atoms with Gasteiger partial charge >= 0.3 is 0 Å². The summed E-state index contributed by atoms with van der Waals surface area (Å²) in [7, 11) is -20.8. The van der Waals surface area contributed by atoms with Gasteiger partial charge in [-0.15, -0.1) is 0 Å². The van der Waals surface area contributed by atoms with Crippen LogP contribution in [0.5, 0.6) is 46.0 Å². The maximum absolute atomic E-state index is 13.3. The fourth-order valence-corrected chi connectivity index (χ4v) is 17.6. The van der Waals surface area contributed by atoms with Crippen LogP contribution in [0.1, 0.15) is 375 Å². The van der Waals surface area contributed by atoms with Gasteiger partial charge in [0.25, 0.3) is 40.5 Å². The molecule has 8 bridgehead atoms. The second-order valence-corrected chi connectivity index (χ2v) is 34.3. The minimum absolute atomic E-state index is 0.0470. The average Bonchev–Trinajstić information content (AvgIpc) is 0.738. The van der Waals surface area contributed by atoms with Crippen molar-refractivity contribution in [2.45, 2.75) is 331 Å². The van der Waals surface area contributed by atoms with Gasteiger partial charge in [-0.1, -0.05) is 259 Å². The second-order valence-electron chi connectivity index (χ2n) is 28.5. The van der Waals surface area contributed by atoms with Gasteiger partial charge in [0.2, 0.25) is 0 Å². The molecule has 12 N–H and O–H groups in total. The third kappa shape index (κ3) is 26.9. The molecular weight excluding hydrogens is 1360 g/mol. The van der Waals surface area contributed by atoms with E-state index in [-0.39, 0.29) is 70.2 Å². The molecule has 0 saturated carbocycles. The Bertz CT molecular complexity index is 3090. The van der Waals surface area contributed by atoms with Crippen molar-refractivity contribution in [3.05, 3.63) is 91.0 Å². The minimum Gasteiger partial charge on any atom is -0.507 e. The Hall–Kier alpha value is -5.08. The van der Waals surface area contributed by atoms with Gasteiger partial charge in [0.1, 0.15) is 69.0 Å². The summed E-state index contributed by atoms with van der Waals surface area (Å²) < 4.78 is 149. The summed E-state index contributed by atoms with van der Waals surface area (Å²) in [4.78, 5) is 0. The fourth-order valence-electron chi connectivity index (χ4n) is 15.0. The van der Waals surface area contributed by atoms with Crippen LogP contribution in [0, 0.1) is 0 Å². The van der Waals surface area contributed by atoms with E-state index in [0.717, 1.165) is 154 Å². The van der Waals surface area contributed by atoms with Crippen LogP contribution < -0.4 is 0 Å². The minimum atomic E-state index is -5.19. The number of phenolic OH excluding ortho intramolecular Hbond substituents is 8. The van der Waals surface area contributed by atoms with E-state index in [0.29, 0.717) is 77.0 Å². The van der Waals surface area contributed by atoms with Crippen molar-refractivity contribution in [1.82, 2.24) is 0 Å². The Morgan fingerprint density at radius 1 is 0.220 bits per heavy atom. The number of rotatable bonds is 48. The summed E-state index contributed by atoms with van der Waals surface area (Å²) in [6, 6.07) is 5.35. The van der Waals surface area contributed by atoms with E-state index in [4.69, 9.17) is 0 Å². The molecule has 0 unspecified atom stereocenters. The first-order valence-electron chi connectivity index (χ1n) is 37.5. The molecule has 4 aromatic carbocycles. The summed E-state index contributed by atoms with van der Waals surface area (Å²) >= 11 is 0. The SMILES string of the molecule is CCCCCCCCCCCC1c2cc(c(O)c(CS(=O)(=O)O)c2O)C(CCCCCCCCCCC)c2cc(c(O)c(CS(=O)(=O)O)c2O)C(CCCCCCCCCCC)c2cc(c(O)c(CS(=O)(=O)O)c2O)C(CCCCCCCCCCC)c2cc1c(O)c(CS(=O)(=O)O)c2O. The Morgan fingerprint density at radius 2 is 0.340 bits per heavy atom. The van der Waals surface area contributed by atoms with Crippen LogP contribution in [0.2, 0.25) is 0 Å². The Kier molecular flexibility index (Phi) is 36.0. The molecule has 0 radical (unpaired) electrons. The number of hydrogen-bond acceptors (Lipinski definition) is 16. The molecule has 0 aromatic heterocycles. The molecule has 0 spiro atoms. The molecule has 0 atom stereocenters. The Labute approximate surface area is 597 Å². The number of benzene rings is 4. The van der Waals surface area contributed by atoms with E-state index < -0.39 is 155 Å². The summed E-state index contributed by atoms with van der Waals surface area (Å²) in [5, 5.41) is 103. The zero-order valence-corrected chi connectivity index (χ0v) is 63.3. The molecule has 0 amide bonds. The second kappa shape index (κ2) is 42.0. The van der Waals surface area contributed by atoms with Gasteiger partial charge in [0, 0.05) is 68.2 Å². The van der Waals surface area contributed by atoms with Gasteiger partial charge in [0.15, 0.2) is 0 Å². The highest BCUT2D eigenvalue weighted by Gasteiger charge is 2.39. The lowest BCUT2D eigenvalue weighted by molar-refractivity contribution is 0.405. The maximum Gasteiger partial charge on any atom is 0.269 e. The van der Waals surface area contributed by atoms with E-state index in [1.54, 1.807) is 0 Å². The highest BCUT2D eigenvalue weighted by Crippen LogP contribution is 2.57. The van der Waals surface area contributed by atoms with Crippen molar-refractivity contribution in [2.24, 2.45) is 0 Å². The summed E-state index contributed by atoms with van der Waals surface area (Å²) in [6.45, 7) is 8.47. The molecule has 100 heavy (non-hydrogen) atoms. The van der Waals surface area contributed by atoms with Gasteiger partial charge in [-0.05, 0) is 49.9 Å². The first-order valence-corrected chi connectivity index (χ1v) is 43.9. The van der Waals surface area contributed by atoms with E-state index >= 15 is 0 Å². The molecule has 20 nitrogen and oxygen atoms in total. The average molecular weight is 1480 g/mol. The van der Waals surface area contributed by atoms with Crippen LogP contribution in [-0.4, -0.2) is 92.7 Å². The molecule has 4 aromatic rings. The van der Waals surface area contributed by atoms with Crippen LogP contribution in [0.4, 0.5) is 0 Å². The number of aromatic hydroxyl groups is 8. The lowest BCUT2D eigenvalue weighted by Gasteiger charge is -2.31.